The molecule has 42 heavy (non-hydrogen) atoms. The van der Waals surface area contributed by atoms with Crippen molar-refractivity contribution in [2.75, 3.05) is 0 Å². The Kier molecular flexibility index (Phi) is 37.0. The number of hydrogen-bond acceptors (Lipinski definition) is 0. The van der Waals surface area contributed by atoms with Gasteiger partial charge < -0.3 is 0 Å². The van der Waals surface area contributed by atoms with E-state index in [9.17, 15) is 0 Å². The molecule has 0 aliphatic rings. The molecule has 0 radical (unpaired) electrons. The molecule has 0 amide bonds. The average Bonchev–Trinajstić information content (AvgIpc) is 3.00. The van der Waals surface area contributed by atoms with Crippen molar-refractivity contribution < 1.29 is 0 Å². The second kappa shape index (κ2) is 38.0. The van der Waals surface area contributed by atoms with E-state index in [1.165, 1.54) is 212 Å². The van der Waals surface area contributed by atoms with Crippen molar-refractivity contribution >= 4 is 0 Å². The fourth-order valence-electron chi connectivity index (χ4n) is 6.37. The van der Waals surface area contributed by atoms with Gasteiger partial charge in [-0.15, -0.1) is 19.7 Å². The Morgan fingerprint density at radius 3 is 0.833 bits per heavy atom. The molecule has 0 aromatic heterocycles. The van der Waals surface area contributed by atoms with E-state index in [-0.39, 0.29) is 0 Å². The summed E-state index contributed by atoms with van der Waals surface area (Å²) in [6, 6.07) is 0. The normalized spacial score (nSPS) is 12.2. The lowest BCUT2D eigenvalue weighted by Crippen LogP contribution is -2.01. The highest BCUT2D eigenvalue weighted by molar-refractivity contribution is 4.81. The lowest BCUT2D eigenvalue weighted by atomic mass is 9.89. The summed E-state index contributed by atoms with van der Waals surface area (Å²) in [6.45, 7) is 11.5. The van der Waals surface area contributed by atoms with E-state index in [1.807, 2.05) is 0 Å². The van der Waals surface area contributed by atoms with Crippen molar-refractivity contribution in [2.45, 2.75) is 212 Å². The minimum Gasteiger partial charge on any atom is -0.103 e. The molecule has 0 bridgehead atoms. The van der Waals surface area contributed by atoms with Gasteiger partial charge in [0, 0.05) is 0 Å². The smallest absolute Gasteiger partial charge is 0.0351 e. The molecule has 1 unspecified atom stereocenters. The molecule has 0 spiro atoms. The first kappa shape index (κ1) is 41.0. The largest absolute Gasteiger partial charge is 0.103 e. The highest BCUT2D eigenvalue weighted by atomic mass is 14.1. The van der Waals surface area contributed by atoms with E-state index in [0.29, 0.717) is 0 Å². The first-order valence-corrected chi connectivity index (χ1v) is 19.3. The molecule has 0 aliphatic carbocycles. The van der Waals surface area contributed by atoms with Gasteiger partial charge in [-0.25, -0.2) is 0 Å². The van der Waals surface area contributed by atoms with E-state index in [2.05, 4.69) is 50.1 Å². The highest BCUT2D eigenvalue weighted by Gasteiger charge is 2.08. The molecule has 0 saturated heterocycles. The summed E-state index contributed by atoms with van der Waals surface area (Å²) in [5, 5.41) is 0. The maximum absolute atomic E-state index is 3.84. The van der Waals surface area contributed by atoms with E-state index in [1.54, 1.807) is 0 Å². The standard InChI is InChI=1S/C42H78/c1-4-7-10-13-16-19-22-24-26-29-32-35-38-41-42(39-36-33-30-27-21-18-15-12-9-6-3)40-37-34-31-28-25-23-20-17-14-11-8-5-2/h4-6,29,32,42H,1-3,7-28,30-31,33-41H2. The van der Waals surface area contributed by atoms with Crippen molar-refractivity contribution in [3.63, 3.8) is 0 Å². The molecule has 1 atom stereocenters. The number of allylic oxidation sites excluding steroid dienone is 5. The fourth-order valence-corrected chi connectivity index (χ4v) is 6.37. The summed E-state index contributed by atoms with van der Waals surface area (Å²) < 4.78 is 0. The van der Waals surface area contributed by atoms with Crippen LogP contribution < -0.4 is 0 Å². The number of rotatable bonds is 37. The van der Waals surface area contributed by atoms with Crippen LogP contribution in [-0.4, -0.2) is 0 Å². The summed E-state index contributed by atoms with van der Waals surface area (Å²) in [5.41, 5.74) is 0. The maximum atomic E-state index is 3.84. The van der Waals surface area contributed by atoms with Crippen LogP contribution in [0.5, 0.6) is 0 Å². The van der Waals surface area contributed by atoms with E-state index < -0.39 is 0 Å². The van der Waals surface area contributed by atoms with Crippen molar-refractivity contribution in [1.82, 2.24) is 0 Å². The summed E-state index contributed by atoms with van der Waals surface area (Å²) in [7, 11) is 0. The van der Waals surface area contributed by atoms with Crippen LogP contribution in [0, 0.1) is 5.92 Å². The minimum atomic E-state index is 0.981. The molecule has 0 aliphatic heterocycles. The molecule has 0 saturated carbocycles. The van der Waals surface area contributed by atoms with Crippen LogP contribution in [-0.2, 0) is 0 Å². The van der Waals surface area contributed by atoms with Crippen molar-refractivity contribution in [2.24, 2.45) is 5.92 Å². The predicted molar refractivity (Wildman–Crippen MR) is 196 cm³/mol. The molecule has 0 heterocycles. The van der Waals surface area contributed by atoms with Gasteiger partial charge >= 0.3 is 0 Å². The Morgan fingerprint density at radius 2 is 0.500 bits per heavy atom. The lowest BCUT2D eigenvalue weighted by Gasteiger charge is -2.17. The first-order chi connectivity index (χ1) is 20.8. The lowest BCUT2D eigenvalue weighted by molar-refractivity contribution is 0.372. The van der Waals surface area contributed by atoms with Gasteiger partial charge in [-0.1, -0.05) is 178 Å². The van der Waals surface area contributed by atoms with Gasteiger partial charge in [0.15, 0.2) is 0 Å². The number of unbranched alkanes of at least 4 members (excludes halogenated alkanes) is 26. The molecule has 246 valence electrons. The van der Waals surface area contributed by atoms with Gasteiger partial charge in [0.25, 0.3) is 0 Å². The summed E-state index contributed by atoms with van der Waals surface area (Å²) in [4.78, 5) is 0. The SMILES string of the molecule is C=CCCCCCCCCC=CCCCC(CCCCCCCCCCC=C)CCCCCCCCCCCCC=C. The van der Waals surface area contributed by atoms with Gasteiger partial charge in [0.05, 0.1) is 0 Å². The van der Waals surface area contributed by atoms with Gasteiger partial charge in [-0.3, -0.25) is 0 Å². The van der Waals surface area contributed by atoms with Crippen LogP contribution >= 0.6 is 0 Å². The zero-order valence-electron chi connectivity index (χ0n) is 28.9. The van der Waals surface area contributed by atoms with Gasteiger partial charge in [-0.2, -0.15) is 0 Å². The van der Waals surface area contributed by atoms with E-state index in [4.69, 9.17) is 0 Å². The Hall–Kier alpha value is -1.04. The predicted octanol–water partition coefficient (Wildman–Crippen LogP) is 15.6. The fraction of sp³-hybridized carbons (Fsp3) is 0.810. The molecule has 0 N–H and O–H groups in total. The molecular weight excluding hydrogens is 504 g/mol. The van der Waals surface area contributed by atoms with E-state index in [0.717, 1.165) is 5.92 Å². The quantitative estimate of drug-likeness (QED) is 0.0505. The summed E-state index contributed by atoms with van der Waals surface area (Å²) in [6.07, 6.45) is 57.4. The Morgan fingerprint density at radius 1 is 0.262 bits per heavy atom. The van der Waals surface area contributed by atoms with Crippen molar-refractivity contribution in [1.29, 1.82) is 0 Å². The molecular formula is C42H78. The molecule has 0 aromatic carbocycles. The minimum absolute atomic E-state index is 0.981. The first-order valence-electron chi connectivity index (χ1n) is 19.3. The third kappa shape index (κ3) is 35.2. The van der Waals surface area contributed by atoms with Crippen LogP contribution in [0.25, 0.3) is 0 Å². The maximum Gasteiger partial charge on any atom is -0.0351 e. The van der Waals surface area contributed by atoms with Crippen molar-refractivity contribution in [3.05, 3.63) is 50.1 Å². The van der Waals surface area contributed by atoms with Crippen LogP contribution in [0.4, 0.5) is 0 Å². The summed E-state index contributed by atoms with van der Waals surface area (Å²) in [5.74, 6) is 0.981. The van der Waals surface area contributed by atoms with Gasteiger partial charge in [0.1, 0.15) is 0 Å². The Bertz CT molecular complexity index is 554. The molecule has 0 aromatic rings. The van der Waals surface area contributed by atoms with Crippen LogP contribution in [0.3, 0.4) is 0 Å². The van der Waals surface area contributed by atoms with Crippen LogP contribution in [0.2, 0.25) is 0 Å². The Labute approximate surface area is 267 Å². The van der Waals surface area contributed by atoms with Gasteiger partial charge in [0.2, 0.25) is 0 Å². The van der Waals surface area contributed by atoms with Crippen LogP contribution in [0.1, 0.15) is 212 Å². The monoisotopic (exact) mass is 583 g/mol. The van der Waals surface area contributed by atoms with Crippen LogP contribution in [0.15, 0.2) is 50.1 Å². The molecule has 0 rings (SSSR count). The molecule has 0 heteroatoms. The third-order valence-electron chi connectivity index (χ3n) is 9.22. The zero-order chi connectivity index (χ0) is 30.4. The molecule has 0 nitrogen and oxygen atoms in total. The topological polar surface area (TPSA) is 0 Å². The zero-order valence-corrected chi connectivity index (χ0v) is 28.9. The average molecular weight is 583 g/mol. The van der Waals surface area contributed by atoms with E-state index >= 15 is 0 Å². The highest BCUT2D eigenvalue weighted by Crippen LogP contribution is 2.24. The second-order valence-electron chi connectivity index (χ2n) is 13.4. The van der Waals surface area contributed by atoms with Crippen molar-refractivity contribution in [3.8, 4) is 0 Å². The van der Waals surface area contributed by atoms with Gasteiger partial charge in [-0.05, 0) is 70.1 Å². The third-order valence-corrected chi connectivity index (χ3v) is 9.22. The Balaban J connectivity index is 3.97. The number of hydrogen-bond donors (Lipinski definition) is 0. The second-order valence-corrected chi connectivity index (χ2v) is 13.4. The summed E-state index contributed by atoms with van der Waals surface area (Å²) >= 11 is 0. The molecule has 0 fully saturated rings.